The van der Waals surface area contributed by atoms with Crippen molar-refractivity contribution in [2.24, 2.45) is 5.92 Å². The summed E-state index contributed by atoms with van der Waals surface area (Å²) < 4.78 is 19.7. The number of Topliss-reactive ketones (excluding diaryl/α,β-unsaturated/α-hetero) is 1. The van der Waals surface area contributed by atoms with Crippen molar-refractivity contribution < 1.29 is 18.7 Å². The Hall–Kier alpha value is -3.27. The zero-order chi connectivity index (χ0) is 27.4. The smallest absolute Gasteiger partial charge is 0.227 e. The molecule has 1 amide bonds. The van der Waals surface area contributed by atoms with Gasteiger partial charge in [0.15, 0.2) is 5.78 Å². The molecule has 0 aromatic heterocycles. The van der Waals surface area contributed by atoms with E-state index >= 15 is 0 Å². The maximum atomic E-state index is 14.2. The summed E-state index contributed by atoms with van der Waals surface area (Å²) in [5, 5.41) is 7.02. The first-order valence-electron chi connectivity index (χ1n) is 13.9. The highest BCUT2D eigenvalue weighted by Gasteiger charge is 2.38. The molecule has 0 radical (unpaired) electrons. The Bertz CT molecular complexity index is 1550. The van der Waals surface area contributed by atoms with Gasteiger partial charge in [0.2, 0.25) is 13.3 Å². The zero-order valence-electron chi connectivity index (χ0n) is 22.7. The van der Waals surface area contributed by atoms with E-state index in [4.69, 9.17) is 4.52 Å². The van der Waals surface area contributed by atoms with Crippen LogP contribution in [-0.2, 0) is 25.1 Å². The fourth-order valence-corrected chi connectivity index (χ4v) is 7.95. The first kappa shape index (κ1) is 27.3. The average molecular weight is 542 g/mol. The summed E-state index contributed by atoms with van der Waals surface area (Å²) >= 11 is 0. The lowest BCUT2D eigenvalue weighted by Crippen LogP contribution is -2.25. The van der Waals surface area contributed by atoms with Gasteiger partial charge in [-0.25, -0.2) is 0 Å². The number of nitrogens with one attached hydrogen (secondary N) is 1. The Morgan fingerprint density at radius 2 is 1.54 bits per heavy atom. The molecule has 0 aliphatic heterocycles. The number of carbonyl (C=O) groups is 2. The Balaban J connectivity index is 1.55. The van der Waals surface area contributed by atoms with Gasteiger partial charge in [-0.15, -0.1) is 0 Å². The van der Waals surface area contributed by atoms with E-state index in [2.05, 4.69) is 5.32 Å². The van der Waals surface area contributed by atoms with Crippen LogP contribution < -0.4 is 5.32 Å². The van der Waals surface area contributed by atoms with Gasteiger partial charge in [-0.1, -0.05) is 86.0 Å². The number of amides is 1. The van der Waals surface area contributed by atoms with Gasteiger partial charge < -0.3 is 9.84 Å². The highest BCUT2D eigenvalue weighted by Crippen LogP contribution is 2.58. The van der Waals surface area contributed by atoms with Crippen molar-refractivity contribution in [1.82, 2.24) is 0 Å². The van der Waals surface area contributed by atoms with Crippen molar-refractivity contribution in [1.29, 1.82) is 0 Å². The van der Waals surface area contributed by atoms with E-state index in [1.54, 1.807) is 13.6 Å². The number of carbonyl (C=O) groups excluding carboxylic acids is 2. The molecule has 6 heteroatoms. The van der Waals surface area contributed by atoms with Crippen LogP contribution in [0.2, 0.25) is 0 Å². The Labute approximate surface area is 230 Å². The lowest BCUT2D eigenvalue weighted by molar-refractivity contribution is -0.121. The molecule has 202 valence electrons. The van der Waals surface area contributed by atoms with Crippen LogP contribution in [0.4, 0.5) is 5.69 Å². The molecule has 0 saturated heterocycles. The summed E-state index contributed by atoms with van der Waals surface area (Å²) in [6.45, 7) is 3.61. The molecule has 4 aromatic rings. The zero-order valence-corrected chi connectivity index (χ0v) is 23.6. The largest absolute Gasteiger partial charge is 0.328 e. The lowest BCUT2D eigenvalue weighted by Gasteiger charge is -2.26. The Morgan fingerprint density at radius 3 is 2.26 bits per heavy atom. The third-order valence-corrected chi connectivity index (χ3v) is 10.1. The number of hydrogen-bond donors (Lipinski definition) is 1. The number of ketones is 1. The van der Waals surface area contributed by atoms with Crippen LogP contribution in [0.3, 0.4) is 0 Å². The molecule has 1 aliphatic carbocycles. The summed E-state index contributed by atoms with van der Waals surface area (Å²) in [6.07, 6.45) is 5.12. The number of fused-ring (bicyclic) bond motifs is 2. The molecule has 5 rings (SSSR count). The first-order valence-corrected chi connectivity index (χ1v) is 16.1. The van der Waals surface area contributed by atoms with Crippen LogP contribution in [-0.4, -0.2) is 25.0 Å². The van der Waals surface area contributed by atoms with Gasteiger partial charge in [0.05, 0.1) is 6.61 Å². The van der Waals surface area contributed by atoms with Crippen LogP contribution in [0.5, 0.6) is 0 Å². The second-order valence-electron chi connectivity index (χ2n) is 10.6. The fourth-order valence-electron chi connectivity index (χ4n) is 5.94. The van der Waals surface area contributed by atoms with E-state index in [0.29, 0.717) is 11.3 Å². The molecule has 0 spiro atoms. The van der Waals surface area contributed by atoms with Crippen molar-refractivity contribution in [3.63, 3.8) is 0 Å². The van der Waals surface area contributed by atoms with Crippen LogP contribution in [0.1, 0.15) is 55.8 Å². The summed E-state index contributed by atoms with van der Waals surface area (Å²) in [5.74, 6) is -0.181. The summed E-state index contributed by atoms with van der Waals surface area (Å²) in [5.41, 5.74) is 1.17. The van der Waals surface area contributed by atoms with Gasteiger partial charge in [0, 0.05) is 24.7 Å². The van der Waals surface area contributed by atoms with Crippen molar-refractivity contribution in [3.05, 3.63) is 90.0 Å². The van der Waals surface area contributed by atoms with E-state index < -0.39 is 13.0 Å². The number of anilines is 1. The van der Waals surface area contributed by atoms with Crippen molar-refractivity contribution in [3.8, 4) is 0 Å². The maximum absolute atomic E-state index is 14.2. The molecule has 5 nitrogen and oxygen atoms in total. The third kappa shape index (κ3) is 6.00. The van der Waals surface area contributed by atoms with E-state index in [0.717, 1.165) is 52.8 Å². The van der Waals surface area contributed by atoms with E-state index in [1.807, 2.05) is 78.9 Å². The molecular weight excluding hydrogens is 505 g/mol. The molecule has 39 heavy (non-hydrogen) atoms. The van der Waals surface area contributed by atoms with Gasteiger partial charge in [-0.2, -0.15) is 0 Å². The van der Waals surface area contributed by atoms with Gasteiger partial charge in [-0.05, 0) is 64.6 Å². The molecule has 1 saturated carbocycles. The average Bonchev–Trinajstić information content (AvgIpc) is 2.94. The minimum atomic E-state index is -3.37. The quantitative estimate of drug-likeness (QED) is 0.216. The summed E-state index contributed by atoms with van der Waals surface area (Å²) in [4.78, 5) is 27.4. The standard InChI is InChI=1S/C33H36NO4P/c1-3-38-39(2,37)32(29-19-11-17-23-12-9-10-18-28(23)29)31(35)22-27-20-25-15-7-8-16-26(25)21-30(27)34-33(36)24-13-5-4-6-14-24/h7-12,15-21,24,32H,3-6,13-14,22H2,1-2H3,(H,34,36). The van der Waals surface area contributed by atoms with Gasteiger partial charge >= 0.3 is 0 Å². The molecule has 0 heterocycles. The van der Waals surface area contributed by atoms with Crippen LogP contribution in [0, 0.1) is 5.92 Å². The van der Waals surface area contributed by atoms with E-state index in [-0.39, 0.29) is 30.6 Å². The molecule has 4 aromatic carbocycles. The molecule has 2 unspecified atom stereocenters. The second-order valence-corrected chi connectivity index (χ2v) is 13.2. The van der Waals surface area contributed by atoms with Crippen molar-refractivity contribution in [2.45, 2.75) is 51.1 Å². The monoisotopic (exact) mass is 541 g/mol. The van der Waals surface area contributed by atoms with E-state index in [9.17, 15) is 14.2 Å². The molecule has 1 fully saturated rings. The summed E-state index contributed by atoms with van der Waals surface area (Å²) in [7, 11) is -3.37. The number of rotatable bonds is 9. The Morgan fingerprint density at radius 1 is 0.897 bits per heavy atom. The number of benzene rings is 4. The van der Waals surface area contributed by atoms with Crippen molar-refractivity contribution in [2.75, 3.05) is 18.6 Å². The number of hydrogen-bond acceptors (Lipinski definition) is 4. The van der Waals surface area contributed by atoms with E-state index in [1.165, 1.54) is 6.42 Å². The predicted molar refractivity (Wildman–Crippen MR) is 160 cm³/mol. The third-order valence-electron chi connectivity index (χ3n) is 7.85. The van der Waals surface area contributed by atoms with Crippen molar-refractivity contribution >= 4 is 46.3 Å². The lowest BCUT2D eigenvalue weighted by atomic mass is 9.88. The molecular formula is C33H36NO4P. The molecule has 1 N–H and O–H groups in total. The Kier molecular flexibility index (Phi) is 8.30. The van der Waals surface area contributed by atoms with Crippen LogP contribution in [0.25, 0.3) is 21.5 Å². The van der Waals surface area contributed by atoms with Gasteiger partial charge in [0.25, 0.3) is 0 Å². The maximum Gasteiger partial charge on any atom is 0.227 e. The molecule has 2 atom stereocenters. The van der Waals surface area contributed by atoms with Gasteiger partial charge in [0.1, 0.15) is 5.66 Å². The highest BCUT2D eigenvalue weighted by atomic mass is 31.2. The second kappa shape index (κ2) is 11.9. The fraction of sp³-hybridized carbons (Fsp3) is 0.333. The predicted octanol–water partition coefficient (Wildman–Crippen LogP) is 8.31. The van der Waals surface area contributed by atoms with Crippen LogP contribution in [0.15, 0.2) is 78.9 Å². The topological polar surface area (TPSA) is 72.5 Å². The van der Waals surface area contributed by atoms with Crippen LogP contribution >= 0.6 is 7.37 Å². The molecule has 1 aliphatic rings. The first-order chi connectivity index (χ1) is 18.9. The minimum Gasteiger partial charge on any atom is -0.328 e. The summed E-state index contributed by atoms with van der Waals surface area (Å²) in [6, 6.07) is 25.5. The minimum absolute atomic E-state index is 0.00832. The SMILES string of the molecule is CCOP(C)(=O)C(C(=O)Cc1cc2ccccc2cc1NC(=O)C1CCCCC1)c1cccc2ccccc12. The van der Waals surface area contributed by atoms with Gasteiger partial charge in [-0.3, -0.25) is 14.2 Å². The molecule has 0 bridgehead atoms. The highest BCUT2D eigenvalue weighted by molar-refractivity contribution is 7.59. The normalized spacial score (nSPS) is 16.6.